The minimum atomic E-state index is -0.971. The molecular formula is C19H12Cl4N2O3. The van der Waals surface area contributed by atoms with Crippen LogP contribution in [0.2, 0.25) is 20.1 Å². The average molecular weight is 458 g/mol. The number of hydrogen-bond donors (Lipinski definition) is 0. The molecule has 2 aromatic carbocycles. The molecule has 0 saturated heterocycles. The van der Waals surface area contributed by atoms with E-state index >= 15 is 0 Å². The van der Waals surface area contributed by atoms with Crippen molar-refractivity contribution in [1.29, 1.82) is 5.26 Å². The zero-order valence-electron chi connectivity index (χ0n) is 14.6. The Hall–Kier alpha value is -2.23. The van der Waals surface area contributed by atoms with Gasteiger partial charge in [0.05, 0.1) is 31.2 Å². The maximum atomic E-state index is 12.8. The van der Waals surface area contributed by atoms with Crippen LogP contribution >= 0.6 is 46.4 Å². The molecule has 0 fully saturated rings. The summed E-state index contributed by atoms with van der Waals surface area (Å²) in [6, 6.07) is 10.7. The molecular weight excluding hydrogens is 446 g/mol. The lowest BCUT2D eigenvalue weighted by atomic mass is 10.1. The largest absolute Gasteiger partial charge is 0.420 e. The van der Waals surface area contributed by atoms with E-state index in [1.54, 1.807) is 18.2 Å². The molecule has 1 amide bonds. The molecule has 0 spiro atoms. The molecule has 0 N–H and O–H groups in total. The first-order valence-electron chi connectivity index (χ1n) is 7.65. The first-order valence-corrected chi connectivity index (χ1v) is 9.16. The van der Waals surface area contributed by atoms with Crippen molar-refractivity contribution in [1.82, 2.24) is 4.90 Å². The summed E-state index contributed by atoms with van der Waals surface area (Å²) in [4.78, 5) is 26.4. The van der Waals surface area contributed by atoms with Crippen molar-refractivity contribution in [2.75, 3.05) is 14.1 Å². The molecule has 9 heteroatoms. The lowest BCUT2D eigenvalue weighted by Gasteiger charge is -2.17. The molecule has 0 radical (unpaired) electrons. The van der Waals surface area contributed by atoms with E-state index in [0.29, 0.717) is 0 Å². The first-order chi connectivity index (χ1) is 13.2. The van der Waals surface area contributed by atoms with Gasteiger partial charge >= 0.3 is 5.97 Å². The Labute approximate surface area is 181 Å². The van der Waals surface area contributed by atoms with Gasteiger partial charge in [0.1, 0.15) is 6.07 Å². The van der Waals surface area contributed by atoms with Gasteiger partial charge in [0.2, 0.25) is 0 Å². The third-order valence-corrected chi connectivity index (χ3v) is 4.77. The molecule has 0 aliphatic carbocycles. The molecule has 0 heterocycles. The van der Waals surface area contributed by atoms with Gasteiger partial charge in [-0.25, -0.2) is 4.79 Å². The molecule has 0 saturated carbocycles. The molecule has 28 heavy (non-hydrogen) atoms. The number of likely N-dealkylation sites (N-methyl/N-ethyl adjacent to an activating group) is 1. The number of ether oxygens (including phenoxy) is 1. The topological polar surface area (TPSA) is 70.4 Å². The number of carbonyl (C=O) groups is 2. The molecule has 2 rings (SSSR count). The van der Waals surface area contributed by atoms with E-state index in [9.17, 15) is 14.9 Å². The third-order valence-electron chi connectivity index (χ3n) is 3.51. The Bertz CT molecular complexity index is 986. The number of amides is 1. The first kappa shape index (κ1) is 22.1. The van der Waals surface area contributed by atoms with Crippen molar-refractivity contribution in [3.05, 3.63) is 73.2 Å². The molecule has 0 bridgehead atoms. The number of halogens is 4. The summed E-state index contributed by atoms with van der Waals surface area (Å²) < 4.78 is 5.40. The number of carbonyl (C=O) groups excluding carboxylic acids is 2. The van der Waals surface area contributed by atoms with Crippen molar-refractivity contribution in [2.24, 2.45) is 0 Å². The number of esters is 1. The van der Waals surface area contributed by atoms with Crippen LogP contribution in [0.4, 0.5) is 0 Å². The highest BCUT2D eigenvalue weighted by Crippen LogP contribution is 2.35. The summed E-state index contributed by atoms with van der Waals surface area (Å²) in [5, 5.41) is 9.82. The number of nitriles is 1. The van der Waals surface area contributed by atoms with Crippen molar-refractivity contribution < 1.29 is 14.3 Å². The fourth-order valence-electron chi connectivity index (χ4n) is 2.20. The molecule has 0 aliphatic rings. The van der Waals surface area contributed by atoms with Gasteiger partial charge in [0, 0.05) is 14.1 Å². The Morgan fingerprint density at radius 1 is 0.893 bits per heavy atom. The summed E-state index contributed by atoms with van der Waals surface area (Å²) in [6.45, 7) is 0. The fourth-order valence-corrected chi connectivity index (χ4v) is 3.32. The minimum absolute atomic E-state index is 0.0223. The van der Waals surface area contributed by atoms with Crippen LogP contribution < -0.4 is 0 Å². The van der Waals surface area contributed by atoms with Crippen LogP contribution in [0.15, 0.2) is 42.0 Å². The van der Waals surface area contributed by atoms with Crippen molar-refractivity contribution >= 4 is 64.0 Å². The number of nitrogens with zero attached hydrogens (tertiary/aromatic N) is 2. The van der Waals surface area contributed by atoms with Gasteiger partial charge < -0.3 is 9.64 Å². The highest BCUT2D eigenvalue weighted by molar-refractivity contribution is 6.40. The summed E-state index contributed by atoms with van der Waals surface area (Å²) in [5.74, 6) is -2.06. The van der Waals surface area contributed by atoms with Gasteiger partial charge in [0.15, 0.2) is 11.3 Å². The predicted octanol–water partition coefficient (Wildman–Crippen LogP) is 5.48. The third kappa shape index (κ3) is 4.60. The van der Waals surface area contributed by atoms with E-state index in [-0.39, 0.29) is 31.2 Å². The van der Waals surface area contributed by atoms with E-state index < -0.39 is 23.2 Å². The number of benzene rings is 2. The summed E-state index contributed by atoms with van der Waals surface area (Å²) in [5.41, 5.74) is -0.563. The van der Waals surface area contributed by atoms with Crippen LogP contribution in [0.1, 0.15) is 15.9 Å². The Kier molecular flexibility index (Phi) is 7.34. The lowest BCUT2D eigenvalue weighted by molar-refractivity contribution is -0.124. The quantitative estimate of drug-likeness (QED) is 0.264. The fraction of sp³-hybridized carbons (Fsp3) is 0.105. The van der Waals surface area contributed by atoms with Crippen molar-refractivity contribution in [3.63, 3.8) is 0 Å². The highest BCUT2D eigenvalue weighted by atomic mass is 35.5. The smallest absolute Gasteiger partial charge is 0.346 e. The van der Waals surface area contributed by atoms with Gasteiger partial charge in [-0.15, -0.1) is 0 Å². The molecule has 5 nitrogen and oxygen atoms in total. The molecule has 0 aromatic heterocycles. The van der Waals surface area contributed by atoms with Gasteiger partial charge in [-0.1, -0.05) is 58.5 Å². The van der Waals surface area contributed by atoms with E-state index in [1.807, 2.05) is 0 Å². The zero-order valence-corrected chi connectivity index (χ0v) is 17.6. The SMILES string of the molecule is CN(C)C(=O)/C(C#N)=C(\OC(=O)c1c(Cl)cccc1Cl)c1c(Cl)cccc1Cl. The standard InChI is InChI=1S/C19H12Cl4N2O3/c1-25(2)18(26)10(9-24)17(15-11(20)5-3-6-12(15)21)28-19(27)16-13(22)7-4-8-14(16)23/h3-8H,1-2H3/b17-10-. The molecule has 0 aliphatic heterocycles. The van der Waals surface area contributed by atoms with E-state index in [0.717, 1.165) is 4.90 Å². The second kappa shape index (κ2) is 9.31. The second-order valence-electron chi connectivity index (χ2n) is 5.60. The molecule has 0 atom stereocenters. The van der Waals surface area contributed by atoms with E-state index in [2.05, 4.69) is 0 Å². The monoisotopic (exact) mass is 456 g/mol. The van der Waals surface area contributed by atoms with Crippen LogP contribution in [0, 0.1) is 11.3 Å². The van der Waals surface area contributed by atoms with Gasteiger partial charge in [-0.2, -0.15) is 5.26 Å². The van der Waals surface area contributed by atoms with Crippen LogP contribution in [0.25, 0.3) is 5.76 Å². The number of rotatable bonds is 4. The Morgan fingerprint density at radius 2 is 1.32 bits per heavy atom. The van der Waals surface area contributed by atoms with E-state index in [4.69, 9.17) is 51.1 Å². The number of hydrogen-bond acceptors (Lipinski definition) is 4. The average Bonchev–Trinajstić information content (AvgIpc) is 2.61. The predicted molar refractivity (Wildman–Crippen MR) is 110 cm³/mol. The van der Waals surface area contributed by atoms with E-state index in [1.165, 1.54) is 38.4 Å². The summed E-state index contributed by atoms with van der Waals surface area (Å²) in [6.07, 6.45) is 0. The second-order valence-corrected chi connectivity index (χ2v) is 7.23. The summed E-state index contributed by atoms with van der Waals surface area (Å²) >= 11 is 24.5. The van der Waals surface area contributed by atoms with Gasteiger partial charge in [-0.05, 0) is 24.3 Å². The van der Waals surface area contributed by atoms with Crippen LogP contribution in [-0.4, -0.2) is 30.9 Å². The van der Waals surface area contributed by atoms with Crippen LogP contribution in [0.3, 0.4) is 0 Å². The molecule has 144 valence electrons. The molecule has 0 unspecified atom stereocenters. The Morgan fingerprint density at radius 3 is 1.71 bits per heavy atom. The minimum Gasteiger partial charge on any atom is -0.420 e. The summed E-state index contributed by atoms with van der Waals surface area (Å²) in [7, 11) is 2.89. The lowest BCUT2D eigenvalue weighted by Crippen LogP contribution is -2.24. The molecule has 2 aromatic rings. The Balaban J connectivity index is 2.72. The zero-order chi connectivity index (χ0) is 21.0. The van der Waals surface area contributed by atoms with Crippen molar-refractivity contribution in [3.8, 4) is 6.07 Å². The van der Waals surface area contributed by atoms with Crippen LogP contribution in [-0.2, 0) is 9.53 Å². The van der Waals surface area contributed by atoms with Gasteiger partial charge in [-0.3, -0.25) is 4.79 Å². The van der Waals surface area contributed by atoms with Crippen molar-refractivity contribution in [2.45, 2.75) is 0 Å². The van der Waals surface area contributed by atoms with Gasteiger partial charge in [0.25, 0.3) is 5.91 Å². The maximum absolute atomic E-state index is 12.8. The van der Waals surface area contributed by atoms with Crippen LogP contribution in [0.5, 0.6) is 0 Å². The maximum Gasteiger partial charge on any atom is 0.346 e. The normalized spacial score (nSPS) is 11.3. The highest BCUT2D eigenvalue weighted by Gasteiger charge is 2.27.